The fourth-order valence-electron chi connectivity index (χ4n) is 4.64. The van der Waals surface area contributed by atoms with Gasteiger partial charge in [0.2, 0.25) is 0 Å². The molecule has 2 aromatic carbocycles. The molecule has 2 aliphatic rings. The number of benzene rings is 2. The highest BCUT2D eigenvalue weighted by Gasteiger charge is 2.45. The molecule has 0 saturated carbocycles. The van der Waals surface area contributed by atoms with Gasteiger partial charge in [-0.15, -0.1) is 12.4 Å². The van der Waals surface area contributed by atoms with Crippen molar-refractivity contribution < 1.29 is 23.1 Å². The number of hydrogen-bond donors (Lipinski definition) is 2. The molecule has 4 rings (SSSR count). The lowest BCUT2D eigenvalue weighted by atomic mass is 9.76. The summed E-state index contributed by atoms with van der Waals surface area (Å²) in [6.45, 7) is 2.86. The van der Waals surface area contributed by atoms with E-state index in [2.05, 4.69) is 10.2 Å². The summed E-state index contributed by atoms with van der Waals surface area (Å²) < 4.78 is 38.6. The molecule has 0 radical (unpaired) electrons. The zero-order valence-corrected chi connectivity index (χ0v) is 17.9. The third-order valence-electron chi connectivity index (χ3n) is 6.19. The lowest BCUT2D eigenvalue weighted by Crippen LogP contribution is -2.59. The van der Waals surface area contributed by atoms with Gasteiger partial charge in [0.1, 0.15) is 11.3 Å². The molecule has 2 aromatic rings. The quantitative estimate of drug-likeness (QED) is 0.714. The maximum Gasteiger partial charge on any atom is 0.416 e. The largest absolute Gasteiger partial charge is 0.508 e. The Morgan fingerprint density at radius 2 is 1.77 bits per heavy atom. The summed E-state index contributed by atoms with van der Waals surface area (Å²) in [6, 6.07) is 10.0. The van der Waals surface area contributed by atoms with E-state index in [1.165, 1.54) is 12.1 Å². The van der Waals surface area contributed by atoms with E-state index in [9.17, 15) is 23.1 Å². The molecule has 0 spiro atoms. The lowest BCUT2D eigenvalue weighted by Gasteiger charge is -2.41. The monoisotopic (exact) mass is 454 g/mol. The van der Waals surface area contributed by atoms with Gasteiger partial charge in [0, 0.05) is 25.1 Å². The molecule has 168 valence electrons. The minimum atomic E-state index is -4.40. The molecule has 31 heavy (non-hydrogen) atoms. The van der Waals surface area contributed by atoms with E-state index in [0.29, 0.717) is 25.1 Å². The zero-order valence-electron chi connectivity index (χ0n) is 17.0. The number of nitrogens with one attached hydrogen (secondary N) is 1. The van der Waals surface area contributed by atoms with Crippen LogP contribution in [0.2, 0.25) is 0 Å². The van der Waals surface area contributed by atoms with Crippen LogP contribution < -0.4 is 5.32 Å². The number of halogens is 4. The number of alkyl halides is 3. The molecule has 2 heterocycles. The number of likely N-dealkylation sites (tertiary alicyclic amines) is 1. The summed E-state index contributed by atoms with van der Waals surface area (Å²) in [6.07, 6.45) is -1.60. The number of phenols is 1. The van der Waals surface area contributed by atoms with E-state index in [0.717, 1.165) is 49.2 Å². The number of carbonyl (C=O) groups excluding carboxylic acids is 1. The topological polar surface area (TPSA) is 52.6 Å². The number of carbonyl (C=O) groups is 1. The van der Waals surface area contributed by atoms with Gasteiger partial charge < -0.3 is 10.0 Å². The normalized spacial score (nSPS) is 21.4. The van der Waals surface area contributed by atoms with Crippen molar-refractivity contribution in [3.8, 4) is 5.75 Å². The number of nitrogens with zero attached hydrogens (tertiary/aromatic N) is 1. The van der Waals surface area contributed by atoms with Gasteiger partial charge in [-0.05, 0) is 61.7 Å². The van der Waals surface area contributed by atoms with Crippen molar-refractivity contribution in [3.63, 3.8) is 0 Å². The molecule has 4 nitrogen and oxygen atoms in total. The van der Waals surface area contributed by atoms with E-state index in [4.69, 9.17) is 0 Å². The standard InChI is InChI=1S/C23H25F3N2O2.ClH/c24-23(25,26)17-8-6-16(7-9-17)14-21(30)22(15-28-12-1-2-13-28)19-4-3-5-20(29)18(19)10-11-27-22;/h3-9,27,29H,1-2,10-15H2;1H. The second kappa shape index (κ2) is 9.18. The molecule has 0 bridgehead atoms. The van der Waals surface area contributed by atoms with Gasteiger partial charge in [0.25, 0.3) is 0 Å². The minimum absolute atomic E-state index is 0. The number of Topliss-reactive ketones (excluding diaryl/α,β-unsaturated/α-hetero) is 1. The fraction of sp³-hybridized carbons (Fsp3) is 0.435. The summed E-state index contributed by atoms with van der Waals surface area (Å²) in [7, 11) is 0. The number of hydrogen-bond acceptors (Lipinski definition) is 4. The molecule has 1 fully saturated rings. The van der Waals surface area contributed by atoms with E-state index in [1.54, 1.807) is 12.1 Å². The van der Waals surface area contributed by atoms with Crippen molar-refractivity contribution in [1.82, 2.24) is 10.2 Å². The summed E-state index contributed by atoms with van der Waals surface area (Å²) >= 11 is 0. The van der Waals surface area contributed by atoms with Crippen LogP contribution >= 0.6 is 12.4 Å². The van der Waals surface area contributed by atoms with Gasteiger partial charge in [-0.25, -0.2) is 0 Å². The highest BCUT2D eigenvalue weighted by molar-refractivity contribution is 5.92. The van der Waals surface area contributed by atoms with Crippen molar-refractivity contribution >= 4 is 18.2 Å². The van der Waals surface area contributed by atoms with Crippen molar-refractivity contribution in [3.05, 3.63) is 64.7 Å². The predicted octanol–water partition coefficient (Wildman–Crippen LogP) is 4.08. The second-order valence-electron chi connectivity index (χ2n) is 8.16. The molecule has 0 aliphatic carbocycles. The number of ketones is 1. The summed E-state index contributed by atoms with van der Waals surface area (Å²) in [5, 5.41) is 13.8. The number of aromatic hydroxyl groups is 1. The maximum atomic E-state index is 13.6. The molecule has 0 amide bonds. The van der Waals surface area contributed by atoms with Crippen LogP contribution in [0, 0.1) is 0 Å². The highest BCUT2D eigenvalue weighted by Crippen LogP contribution is 2.37. The van der Waals surface area contributed by atoms with Crippen LogP contribution in [0.5, 0.6) is 5.75 Å². The van der Waals surface area contributed by atoms with Crippen LogP contribution in [0.25, 0.3) is 0 Å². The van der Waals surface area contributed by atoms with Crippen molar-refractivity contribution in [2.45, 2.75) is 37.4 Å². The second-order valence-corrected chi connectivity index (χ2v) is 8.16. The van der Waals surface area contributed by atoms with Gasteiger partial charge in [0.15, 0.2) is 5.78 Å². The molecular weight excluding hydrogens is 429 g/mol. The van der Waals surface area contributed by atoms with Crippen LogP contribution in [0.4, 0.5) is 13.2 Å². The van der Waals surface area contributed by atoms with E-state index in [1.807, 2.05) is 6.07 Å². The molecular formula is C23H26ClF3N2O2. The predicted molar refractivity (Wildman–Crippen MR) is 115 cm³/mol. The number of phenolic OH excluding ortho intramolecular Hbond substituents is 1. The van der Waals surface area contributed by atoms with Crippen molar-refractivity contribution in [1.29, 1.82) is 0 Å². The van der Waals surface area contributed by atoms with Gasteiger partial charge >= 0.3 is 6.18 Å². The van der Waals surface area contributed by atoms with Crippen LogP contribution in [-0.4, -0.2) is 42.0 Å². The smallest absolute Gasteiger partial charge is 0.416 e. The first-order valence-electron chi connectivity index (χ1n) is 10.3. The van der Waals surface area contributed by atoms with Crippen molar-refractivity contribution in [2.75, 3.05) is 26.2 Å². The Bertz CT molecular complexity index is 927. The Kier molecular flexibility index (Phi) is 6.98. The Labute approximate surface area is 185 Å². The Morgan fingerprint density at radius 1 is 1.10 bits per heavy atom. The fourth-order valence-corrected chi connectivity index (χ4v) is 4.64. The maximum absolute atomic E-state index is 13.6. The Morgan fingerprint density at radius 3 is 2.42 bits per heavy atom. The average molecular weight is 455 g/mol. The molecule has 2 N–H and O–H groups in total. The van der Waals surface area contributed by atoms with Crippen molar-refractivity contribution in [2.24, 2.45) is 0 Å². The van der Waals surface area contributed by atoms with Crippen LogP contribution in [-0.2, 0) is 29.4 Å². The first kappa shape index (κ1) is 23.6. The summed E-state index contributed by atoms with van der Waals surface area (Å²) in [5.41, 5.74) is 0.382. The first-order chi connectivity index (χ1) is 14.3. The first-order valence-corrected chi connectivity index (χ1v) is 10.3. The van der Waals surface area contributed by atoms with Crippen LogP contribution in [0.3, 0.4) is 0 Å². The van der Waals surface area contributed by atoms with Gasteiger partial charge in [-0.2, -0.15) is 13.2 Å². The SMILES string of the molecule is Cl.O=C(Cc1ccc(C(F)(F)F)cc1)C1(CN2CCCC2)NCCc2c(O)cccc21. The molecule has 1 atom stereocenters. The van der Waals surface area contributed by atoms with E-state index >= 15 is 0 Å². The summed E-state index contributed by atoms with van der Waals surface area (Å²) in [5.74, 6) is 0.0860. The average Bonchev–Trinajstić information content (AvgIpc) is 3.21. The number of fused-ring (bicyclic) bond motifs is 1. The van der Waals surface area contributed by atoms with Crippen LogP contribution in [0.15, 0.2) is 42.5 Å². The highest BCUT2D eigenvalue weighted by atomic mass is 35.5. The van der Waals surface area contributed by atoms with Gasteiger partial charge in [0.05, 0.1) is 5.56 Å². The molecule has 1 saturated heterocycles. The minimum Gasteiger partial charge on any atom is -0.508 e. The van der Waals surface area contributed by atoms with Gasteiger partial charge in [-0.3, -0.25) is 10.1 Å². The zero-order chi connectivity index (χ0) is 21.4. The third kappa shape index (κ3) is 4.73. The Hall–Kier alpha value is -2.09. The lowest BCUT2D eigenvalue weighted by molar-refractivity contribution is -0.137. The van der Waals surface area contributed by atoms with Gasteiger partial charge in [-0.1, -0.05) is 24.3 Å². The summed E-state index contributed by atoms with van der Waals surface area (Å²) in [4.78, 5) is 15.9. The molecule has 2 aliphatic heterocycles. The van der Waals surface area contributed by atoms with E-state index in [-0.39, 0.29) is 30.4 Å². The third-order valence-corrected chi connectivity index (χ3v) is 6.19. The number of rotatable bonds is 5. The van der Waals surface area contributed by atoms with E-state index < -0.39 is 17.3 Å². The molecule has 1 unspecified atom stereocenters. The molecule has 0 aromatic heterocycles. The Balaban J connectivity index is 0.00000272. The van der Waals surface area contributed by atoms with Crippen LogP contribution in [0.1, 0.15) is 35.1 Å². The molecule has 8 heteroatoms.